The van der Waals surface area contributed by atoms with Crippen LogP contribution in [0.5, 0.6) is 5.75 Å². The lowest BCUT2D eigenvalue weighted by Gasteiger charge is -2.04. The highest BCUT2D eigenvalue weighted by Crippen LogP contribution is 2.27. The number of nitro groups is 1. The Bertz CT molecular complexity index is 388. The number of carbonyl (C=O) groups excluding carboxylic acids is 1. The molecule has 0 aliphatic rings. The number of ether oxygens (including phenoxy) is 1. The molecule has 0 aliphatic carbocycles. The first kappa shape index (κ1) is 14.1. The minimum atomic E-state index is -0.605. The van der Waals surface area contributed by atoms with Crippen molar-refractivity contribution in [1.82, 2.24) is 0 Å². The maximum Gasteiger partial charge on any atom is 0.283 e. The van der Waals surface area contributed by atoms with Crippen LogP contribution in [0.25, 0.3) is 0 Å². The third-order valence-corrected chi connectivity index (χ3v) is 1.87. The van der Waals surface area contributed by atoms with E-state index in [0.29, 0.717) is 17.6 Å². The molecule has 1 aromatic rings. The molecule has 0 amide bonds. The van der Waals surface area contributed by atoms with E-state index in [1.807, 2.05) is 13.8 Å². The second-order valence-electron chi connectivity index (χ2n) is 2.76. The number of carbonyl (C=O) groups is 1. The molecule has 0 aromatic heterocycles. The number of benzene rings is 1. The zero-order chi connectivity index (χ0) is 12.7. The van der Waals surface area contributed by atoms with Gasteiger partial charge in [-0.2, -0.15) is 0 Å². The molecule has 0 atom stereocenters. The Morgan fingerprint density at radius 1 is 1.38 bits per heavy atom. The summed E-state index contributed by atoms with van der Waals surface area (Å²) in [7, 11) is 1.42. The standard InChI is InChI=1S/C9H9NO4.C2H6/c1-6-3-7(5-11)8(10(12)13)4-9(6)14-2;1-2/h3-5H,1-2H3;1-2H3. The zero-order valence-electron chi connectivity index (χ0n) is 9.81. The molecule has 0 aliphatic heterocycles. The van der Waals surface area contributed by atoms with Gasteiger partial charge >= 0.3 is 0 Å². The van der Waals surface area contributed by atoms with E-state index in [2.05, 4.69) is 0 Å². The Balaban J connectivity index is 0.00000106. The first-order valence-electron chi connectivity index (χ1n) is 4.88. The van der Waals surface area contributed by atoms with E-state index in [0.717, 1.165) is 0 Å². The lowest BCUT2D eigenvalue weighted by molar-refractivity contribution is -0.385. The van der Waals surface area contributed by atoms with Crippen LogP contribution in [0.2, 0.25) is 0 Å². The highest BCUT2D eigenvalue weighted by molar-refractivity contribution is 5.82. The third-order valence-electron chi connectivity index (χ3n) is 1.87. The summed E-state index contributed by atoms with van der Waals surface area (Å²) in [5, 5.41) is 10.6. The summed E-state index contributed by atoms with van der Waals surface area (Å²) < 4.78 is 4.91. The van der Waals surface area contributed by atoms with Gasteiger partial charge in [-0.1, -0.05) is 13.8 Å². The molecule has 0 spiro atoms. The van der Waals surface area contributed by atoms with Crippen molar-refractivity contribution < 1.29 is 14.5 Å². The van der Waals surface area contributed by atoms with E-state index < -0.39 is 4.92 Å². The Morgan fingerprint density at radius 2 is 1.94 bits per heavy atom. The molecule has 0 fully saturated rings. The number of aryl methyl sites for hydroxylation is 1. The van der Waals surface area contributed by atoms with E-state index in [4.69, 9.17) is 4.74 Å². The van der Waals surface area contributed by atoms with Crippen LogP contribution in [0, 0.1) is 17.0 Å². The molecule has 0 unspecified atom stereocenters. The first-order valence-corrected chi connectivity index (χ1v) is 4.88. The second-order valence-corrected chi connectivity index (χ2v) is 2.76. The van der Waals surface area contributed by atoms with Gasteiger partial charge in [-0.15, -0.1) is 0 Å². The zero-order valence-corrected chi connectivity index (χ0v) is 9.81. The van der Waals surface area contributed by atoms with Gasteiger partial charge in [0.05, 0.1) is 23.7 Å². The maximum absolute atomic E-state index is 10.6. The molecular formula is C11H15NO4. The molecule has 16 heavy (non-hydrogen) atoms. The monoisotopic (exact) mass is 225 g/mol. The number of hydrogen-bond donors (Lipinski definition) is 0. The SMILES string of the molecule is CC.COc1cc([N+](=O)[O-])c(C=O)cc1C. The van der Waals surface area contributed by atoms with Crippen molar-refractivity contribution in [3.05, 3.63) is 33.4 Å². The summed E-state index contributed by atoms with van der Waals surface area (Å²) in [5.41, 5.74) is 0.524. The van der Waals surface area contributed by atoms with E-state index in [9.17, 15) is 14.9 Å². The Hall–Kier alpha value is -1.91. The van der Waals surface area contributed by atoms with Crippen molar-refractivity contribution in [2.24, 2.45) is 0 Å². The molecule has 0 radical (unpaired) electrons. The van der Waals surface area contributed by atoms with Crippen LogP contribution in [0.4, 0.5) is 5.69 Å². The molecule has 5 nitrogen and oxygen atoms in total. The highest BCUT2D eigenvalue weighted by Gasteiger charge is 2.16. The fourth-order valence-electron chi connectivity index (χ4n) is 1.17. The van der Waals surface area contributed by atoms with Crippen LogP contribution in [-0.4, -0.2) is 18.3 Å². The average Bonchev–Trinajstić information content (AvgIpc) is 2.30. The number of aldehydes is 1. The van der Waals surface area contributed by atoms with Gasteiger partial charge in [0, 0.05) is 0 Å². The van der Waals surface area contributed by atoms with E-state index >= 15 is 0 Å². The van der Waals surface area contributed by atoms with Crippen LogP contribution in [0.15, 0.2) is 12.1 Å². The fourth-order valence-corrected chi connectivity index (χ4v) is 1.17. The lowest BCUT2D eigenvalue weighted by Crippen LogP contribution is -1.97. The summed E-state index contributed by atoms with van der Waals surface area (Å²) in [4.78, 5) is 20.5. The largest absolute Gasteiger partial charge is 0.496 e. The van der Waals surface area contributed by atoms with Gasteiger partial charge in [0.1, 0.15) is 5.75 Å². The van der Waals surface area contributed by atoms with Crippen LogP contribution in [0.3, 0.4) is 0 Å². The van der Waals surface area contributed by atoms with Crippen LogP contribution in [-0.2, 0) is 0 Å². The van der Waals surface area contributed by atoms with Gasteiger partial charge in [0.2, 0.25) is 0 Å². The van der Waals surface area contributed by atoms with Gasteiger partial charge in [0.15, 0.2) is 6.29 Å². The highest BCUT2D eigenvalue weighted by atomic mass is 16.6. The number of nitro benzene ring substituents is 1. The summed E-state index contributed by atoms with van der Waals surface area (Å²) in [6.45, 7) is 5.72. The van der Waals surface area contributed by atoms with Crippen molar-refractivity contribution in [3.8, 4) is 5.75 Å². The molecule has 1 rings (SSSR count). The molecule has 5 heteroatoms. The number of nitrogens with zero attached hydrogens (tertiary/aromatic N) is 1. The Kier molecular flexibility index (Phi) is 5.77. The Labute approximate surface area is 94.2 Å². The molecule has 0 saturated heterocycles. The van der Waals surface area contributed by atoms with Crippen molar-refractivity contribution >= 4 is 12.0 Å². The lowest BCUT2D eigenvalue weighted by atomic mass is 10.1. The fraction of sp³-hybridized carbons (Fsp3) is 0.364. The normalized spacial score (nSPS) is 8.75. The van der Waals surface area contributed by atoms with Crippen molar-refractivity contribution in [2.75, 3.05) is 7.11 Å². The van der Waals surface area contributed by atoms with Gasteiger partial charge in [-0.05, 0) is 18.6 Å². The van der Waals surface area contributed by atoms with Crippen LogP contribution in [0.1, 0.15) is 29.8 Å². The van der Waals surface area contributed by atoms with Gasteiger partial charge in [-0.25, -0.2) is 0 Å². The van der Waals surface area contributed by atoms with E-state index in [1.54, 1.807) is 6.92 Å². The number of methoxy groups -OCH3 is 1. The molecule has 88 valence electrons. The minimum absolute atomic E-state index is 0.0632. The van der Waals surface area contributed by atoms with Crippen LogP contribution >= 0.6 is 0 Å². The first-order chi connectivity index (χ1) is 7.60. The number of hydrogen-bond acceptors (Lipinski definition) is 4. The molecule has 1 aromatic carbocycles. The topological polar surface area (TPSA) is 69.4 Å². The van der Waals surface area contributed by atoms with Crippen molar-refractivity contribution in [1.29, 1.82) is 0 Å². The van der Waals surface area contributed by atoms with Crippen molar-refractivity contribution in [2.45, 2.75) is 20.8 Å². The van der Waals surface area contributed by atoms with E-state index in [-0.39, 0.29) is 11.3 Å². The molecule has 0 bridgehead atoms. The quantitative estimate of drug-likeness (QED) is 0.450. The molecule has 0 N–H and O–H groups in total. The van der Waals surface area contributed by atoms with Crippen molar-refractivity contribution in [3.63, 3.8) is 0 Å². The third kappa shape index (κ3) is 3.05. The number of rotatable bonds is 3. The van der Waals surface area contributed by atoms with Gasteiger partial charge in [0.25, 0.3) is 5.69 Å². The van der Waals surface area contributed by atoms with E-state index in [1.165, 1.54) is 19.2 Å². The predicted molar refractivity (Wildman–Crippen MR) is 61.1 cm³/mol. The summed E-state index contributed by atoms with van der Waals surface area (Å²) in [6, 6.07) is 2.68. The summed E-state index contributed by atoms with van der Waals surface area (Å²) in [6.07, 6.45) is 0.463. The predicted octanol–water partition coefficient (Wildman–Crippen LogP) is 2.75. The average molecular weight is 225 g/mol. The molecule has 0 heterocycles. The smallest absolute Gasteiger partial charge is 0.283 e. The Morgan fingerprint density at radius 3 is 2.31 bits per heavy atom. The van der Waals surface area contributed by atoms with Gasteiger partial charge < -0.3 is 4.74 Å². The van der Waals surface area contributed by atoms with Crippen LogP contribution < -0.4 is 4.74 Å². The molecule has 0 saturated carbocycles. The summed E-state index contributed by atoms with van der Waals surface area (Å²) >= 11 is 0. The maximum atomic E-state index is 10.6. The second kappa shape index (κ2) is 6.55. The molecular weight excluding hydrogens is 210 g/mol. The van der Waals surface area contributed by atoms with Gasteiger partial charge in [-0.3, -0.25) is 14.9 Å². The minimum Gasteiger partial charge on any atom is -0.496 e. The summed E-state index contributed by atoms with van der Waals surface area (Å²) in [5.74, 6) is 0.405.